The van der Waals surface area contributed by atoms with E-state index in [4.69, 9.17) is 4.42 Å². The van der Waals surface area contributed by atoms with Crippen LogP contribution in [-0.4, -0.2) is 4.98 Å². The van der Waals surface area contributed by atoms with Crippen molar-refractivity contribution in [1.82, 2.24) is 4.98 Å². The highest BCUT2D eigenvalue weighted by atomic mass is 16.3. The average Bonchev–Trinajstić information content (AvgIpc) is 2.40. The lowest BCUT2D eigenvalue weighted by Crippen LogP contribution is -1.67. The summed E-state index contributed by atoms with van der Waals surface area (Å²) in [6.07, 6.45) is 2.88. The van der Waals surface area contributed by atoms with Crippen LogP contribution >= 0.6 is 0 Å². The molecule has 0 amide bonds. The standard InChI is InChI=1S/C5H7NO.C3H8.C2H6/c1-4-3-7-5(2)6-4;1-3-2;1-2/h3H,1-2H3;3H2,1-2H3;1-2H3. The molecule has 0 aliphatic carbocycles. The minimum Gasteiger partial charge on any atom is -0.449 e. The van der Waals surface area contributed by atoms with Crippen molar-refractivity contribution in [2.75, 3.05) is 0 Å². The van der Waals surface area contributed by atoms with E-state index in [1.807, 2.05) is 27.7 Å². The van der Waals surface area contributed by atoms with Gasteiger partial charge >= 0.3 is 0 Å². The second kappa shape index (κ2) is 10.2. The van der Waals surface area contributed by atoms with Crippen molar-refractivity contribution >= 4 is 0 Å². The van der Waals surface area contributed by atoms with Crippen LogP contribution in [0.4, 0.5) is 0 Å². The van der Waals surface area contributed by atoms with Crippen molar-refractivity contribution in [3.8, 4) is 0 Å². The van der Waals surface area contributed by atoms with Crippen molar-refractivity contribution in [3.05, 3.63) is 17.8 Å². The van der Waals surface area contributed by atoms with E-state index in [0.717, 1.165) is 11.6 Å². The fraction of sp³-hybridized carbons (Fsp3) is 0.700. The van der Waals surface area contributed by atoms with Crippen LogP contribution in [0.3, 0.4) is 0 Å². The first-order valence-corrected chi connectivity index (χ1v) is 4.59. The van der Waals surface area contributed by atoms with Gasteiger partial charge < -0.3 is 4.42 Å². The fourth-order valence-electron chi connectivity index (χ4n) is 0.472. The molecule has 1 rings (SSSR count). The van der Waals surface area contributed by atoms with Crippen LogP contribution in [0.25, 0.3) is 0 Å². The Morgan fingerprint density at radius 3 is 1.75 bits per heavy atom. The number of hydrogen-bond acceptors (Lipinski definition) is 2. The summed E-state index contributed by atoms with van der Waals surface area (Å²) in [7, 11) is 0. The van der Waals surface area contributed by atoms with Crippen LogP contribution < -0.4 is 0 Å². The highest BCUT2D eigenvalue weighted by molar-refractivity contribution is 4.90. The Hall–Kier alpha value is -0.790. The van der Waals surface area contributed by atoms with Gasteiger partial charge in [-0.1, -0.05) is 34.1 Å². The summed E-state index contributed by atoms with van der Waals surface area (Å²) in [5, 5.41) is 0. The molecule has 0 aliphatic heterocycles. The molecular weight excluding hydrogens is 150 g/mol. The molecule has 0 spiro atoms. The summed E-state index contributed by atoms with van der Waals surface area (Å²) in [4.78, 5) is 3.94. The normalized spacial score (nSPS) is 7.50. The SMILES string of the molecule is CC.CCC.Cc1coc(C)n1. The first-order chi connectivity index (χ1) is 5.70. The Kier molecular flexibility index (Phi) is 11.7. The van der Waals surface area contributed by atoms with Crippen molar-refractivity contribution in [3.63, 3.8) is 0 Å². The molecule has 12 heavy (non-hydrogen) atoms. The predicted octanol–water partition coefficient (Wildman–Crippen LogP) is 3.73. The Balaban J connectivity index is 0. The lowest BCUT2D eigenvalue weighted by Gasteiger charge is -1.68. The minimum absolute atomic E-state index is 0.734. The molecule has 0 unspecified atom stereocenters. The van der Waals surface area contributed by atoms with Gasteiger partial charge in [-0.15, -0.1) is 0 Å². The predicted molar refractivity (Wildman–Crippen MR) is 53.3 cm³/mol. The maximum Gasteiger partial charge on any atom is 0.191 e. The quantitative estimate of drug-likeness (QED) is 0.594. The molecule has 0 radical (unpaired) electrons. The van der Waals surface area contributed by atoms with Gasteiger partial charge in [0.1, 0.15) is 6.26 Å². The summed E-state index contributed by atoms with van der Waals surface area (Å²) >= 11 is 0. The van der Waals surface area contributed by atoms with Crippen LogP contribution in [-0.2, 0) is 0 Å². The van der Waals surface area contributed by atoms with Crippen molar-refractivity contribution in [1.29, 1.82) is 0 Å². The Morgan fingerprint density at radius 2 is 1.67 bits per heavy atom. The minimum atomic E-state index is 0.734. The Labute approximate surface area is 76.0 Å². The number of aryl methyl sites for hydroxylation is 2. The van der Waals surface area contributed by atoms with Gasteiger partial charge in [-0.2, -0.15) is 0 Å². The van der Waals surface area contributed by atoms with E-state index >= 15 is 0 Å². The lowest BCUT2D eigenvalue weighted by molar-refractivity contribution is 0.521. The molecule has 0 aromatic carbocycles. The second-order valence-electron chi connectivity index (χ2n) is 2.22. The van der Waals surface area contributed by atoms with Gasteiger partial charge in [-0.3, -0.25) is 0 Å². The number of rotatable bonds is 0. The van der Waals surface area contributed by atoms with Crippen LogP contribution in [0, 0.1) is 13.8 Å². The molecule has 1 aromatic heterocycles. The summed E-state index contributed by atoms with van der Waals surface area (Å²) in [6, 6.07) is 0. The van der Waals surface area contributed by atoms with Crippen molar-refractivity contribution in [2.45, 2.75) is 48.0 Å². The van der Waals surface area contributed by atoms with Gasteiger partial charge in [0.25, 0.3) is 0 Å². The number of aromatic nitrogens is 1. The van der Waals surface area contributed by atoms with E-state index in [9.17, 15) is 0 Å². The molecule has 0 saturated heterocycles. The van der Waals surface area contributed by atoms with Crippen molar-refractivity contribution < 1.29 is 4.42 Å². The number of oxazole rings is 1. The molecule has 0 saturated carbocycles. The smallest absolute Gasteiger partial charge is 0.191 e. The maximum absolute atomic E-state index is 4.85. The van der Waals surface area contributed by atoms with Crippen molar-refractivity contribution in [2.24, 2.45) is 0 Å². The molecule has 0 aliphatic rings. The van der Waals surface area contributed by atoms with E-state index in [1.54, 1.807) is 6.26 Å². The van der Waals surface area contributed by atoms with Gasteiger partial charge in [0.2, 0.25) is 0 Å². The van der Waals surface area contributed by atoms with E-state index in [2.05, 4.69) is 18.8 Å². The first-order valence-electron chi connectivity index (χ1n) is 4.59. The van der Waals surface area contributed by atoms with E-state index in [1.165, 1.54) is 6.42 Å². The summed E-state index contributed by atoms with van der Waals surface area (Å²) in [6.45, 7) is 12.0. The third-order valence-electron chi connectivity index (χ3n) is 0.734. The van der Waals surface area contributed by atoms with Gasteiger partial charge in [0.05, 0.1) is 5.69 Å². The summed E-state index contributed by atoms with van der Waals surface area (Å²) < 4.78 is 4.85. The van der Waals surface area contributed by atoms with E-state index in [0.29, 0.717) is 0 Å². The molecule has 0 atom stereocenters. The van der Waals surface area contributed by atoms with Crippen LogP contribution in [0.15, 0.2) is 10.7 Å². The number of nitrogens with zero attached hydrogens (tertiary/aromatic N) is 1. The first kappa shape index (κ1) is 13.8. The van der Waals surface area contributed by atoms with Crippen LogP contribution in [0.2, 0.25) is 0 Å². The zero-order valence-corrected chi connectivity index (χ0v) is 9.14. The highest BCUT2D eigenvalue weighted by Crippen LogP contribution is 1.95. The molecule has 1 aromatic rings. The topological polar surface area (TPSA) is 26.0 Å². The van der Waals surface area contributed by atoms with Crippen LogP contribution in [0.1, 0.15) is 45.7 Å². The third-order valence-corrected chi connectivity index (χ3v) is 0.734. The fourth-order valence-corrected chi connectivity index (χ4v) is 0.472. The summed E-state index contributed by atoms with van der Waals surface area (Å²) in [5.41, 5.74) is 0.942. The Bertz CT molecular complexity index is 154. The second-order valence-corrected chi connectivity index (χ2v) is 2.22. The average molecular weight is 171 g/mol. The Morgan fingerprint density at radius 1 is 1.25 bits per heavy atom. The zero-order chi connectivity index (χ0) is 9.98. The van der Waals surface area contributed by atoms with Crippen LogP contribution in [0.5, 0.6) is 0 Å². The largest absolute Gasteiger partial charge is 0.449 e. The zero-order valence-electron chi connectivity index (χ0n) is 9.14. The molecule has 0 bridgehead atoms. The molecule has 72 valence electrons. The third kappa shape index (κ3) is 9.21. The van der Waals surface area contributed by atoms with E-state index in [-0.39, 0.29) is 0 Å². The molecule has 1 heterocycles. The maximum atomic E-state index is 4.85. The number of hydrogen-bond donors (Lipinski definition) is 0. The molecular formula is C10H21NO. The molecule has 0 N–H and O–H groups in total. The van der Waals surface area contributed by atoms with Gasteiger partial charge in [-0.05, 0) is 6.92 Å². The lowest BCUT2D eigenvalue weighted by atomic mass is 10.6. The monoisotopic (exact) mass is 171 g/mol. The summed E-state index contributed by atoms with van der Waals surface area (Å²) in [5.74, 6) is 0.734. The van der Waals surface area contributed by atoms with Gasteiger partial charge in [-0.25, -0.2) is 4.98 Å². The van der Waals surface area contributed by atoms with E-state index < -0.39 is 0 Å². The molecule has 0 fully saturated rings. The van der Waals surface area contributed by atoms with Gasteiger partial charge in [0.15, 0.2) is 5.89 Å². The highest BCUT2D eigenvalue weighted by Gasteiger charge is 1.87. The molecule has 2 heteroatoms. The van der Waals surface area contributed by atoms with Gasteiger partial charge in [0, 0.05) is 6.92 Å². The molecule has 2 nitrogen and oxygen atoms in total.